The molecule has 2 rings (SSSR count). The van der Waals surface area contributed by atoms with E-state index in [1.54, 1.807) is 0 Å². The molecule has 0 atom stereocenters. The molecule has 0 aliphatic heterocycles. The quantitative estimate of drug-likeness (QED) is 0.871. The lowest BCUT2D eigenvalue weighted by atomic mass is 10.3. The maximum atomic E-state index is 11.6. The molecule has 0 saturated heterocycles. The first-order valence-electron chi connectivity index (χ1n) is 5.42. The highest BCUT2D eigenvalue weighted by Gasteiger charge is 2.04. The molecule has 1 aromatic carbocycles. The molecule has 0 bridgehead atoms. The molecular formula is C12H11N5O. The molecule has 1 heterocycles. The first kappa shape index (κ1) is 11.8. The summed E-state index contributed by atoms with van der Waals surface area (Å²) in [6, 6.07) is 11.1. The molecule has 1 amide bonds. The smallest absolute Gasteiger partial charge is 0.252 e. The number of aromatic nitrogens is 3. The van der Waals surface area contributed by atoms with Gasteiger partial charge in [-0.3, -0.25) is 9.48 Å². The zero-order valence-corrected chi connectivity index (χ0v) is 9.58. The van der Waals surface area contributed by atoms with Crippen molar-refractivity contribution < 1.29 is 4.79 Å². The summed E-state index contributed by atoms with van der Waals surface area (Å²) in [4.78, 5) is 15.4. The number of para-hydroxylation sites is 1. The van der Waals surface area contributed by atoms with Gasteiger partial charge < -0.3 is 5.32 Å². The van der Waals surface area contributed by atoms with Gasteiger partial charge in [-0.25, -0.2) is 4.98 Å². The largest absolute Gasteiger partial charge is 0.326 e. The van der Waals surface area contributed by atoms with Crippen LogP contribution in [0.15, 0.2) is 36.7 Å². The van der Waals surface area contributed by atoms with Crippen LogP contribution in [-0.2, 0) is 11.3 Å². The lowest BCUT2D eigenvalue weighted by molar-refractivity contribution is -0.116. The lowest BCUT2D eigenvalue weighted by Gasteiger charge is -2.04. The predicted molar refractivity (Wildman–Crippen MR) is 64.4 cm³/mol. The predicted octanol–water partition coefficient (Wildman–Crippen LogP) is 1.18. The molecule has 1 aromatic heterocycles. The minimum atomic E-state index is -0.102. The fraction of sp³-hybridized carbons (Fsp3) is 0.167. The van der Waals surface area contributed by atoms with Crippen molar-refractivity contribution in [3.63, 3.8) is 0 Å². The van der Waals surface area contributed by atoms with Crippen LogP contribution < -0.4 is 5.32 Å². The maximum Gasteiger partial charge on any atom is 0.252 e. The number of nitrogens with zero attached hydrogens (tertiary/aromatic N) is 4. The number of hydrogen-bond donors (Lipinski definition) is 1. The summed E-state index contributed by atoms with van der Waals surface area (Å²) in [5.74, 6) is 0.00803. The lowest BCUT2D eigenvalue weighted by Crippen LogP contribution is -2.14. The molecule has 0 spiro atoms. The van der Waals surface area contributed by atoms with E-state index in [0.29, 0.717) is 6.54 Å². The molecule has 2 aromatic rings. The summed E-state index contributed by atoms with van der Waals surface area (Å²) in [6.07, 6.45) is 1.72. The number of carbonyl (C=O) groups is 1. The third kappa shape index (κ3) is 3.15. The van der Waals surface area contributed by atoms with Crippen LogP contribution >= 0.6 is 0 Å². The van der Waals surface area contributed by atoms with Crippen molar-refractivity contribution >= 4 is 11.6 Å². The van der Waals surface area contributed by atoms with E-state index in [-0.39, 0.29) is 18.2 Å². The summed E-state index contributed by atoms with van der Waals surface area (Å²) in [5, 5.41) is 15.2. The molecule has 6 heteroatoms. The van der Waals surface area contributed by atoms with E-state index in [1.807, 2.05) is 36.4 Å². The van der Waals surface area contributed by atoms with Crippen molar-refractivity contribution in [2.75, 3.05) is 5.32 Å². The van der Waals surface area contributed by atoms with Gasteiger partial charge in [-0.05, 0) is 12.1 Å². The van der Waals surface area contributed by atoms with Crippen molar-refractivity contribution in [1.29, 1.82) is 5.26 Å². The highest BCUT2D eigenvalue weighted by molar-refractivity contribution is 5.90. The summed E-state index contributed by atoms with van der Waals surface area (Å²) < 4.78 is 1.48. The van der Waals surface area contributed by atoms with Gasteiger partial charge in [-0.15, -0.1) is 5.10 Å². The molecule has 0 fully saturated rings. The molecule has 0 aliphatic rings. The van der Waals surface area contributed by atoms with Gasteiger partial charge in [0.05, 0.1) is 6.54 Å². The van der Waals surface area contributed by atoms with Gasteiger partial charge in [0.25, 0.3) is 5.82 Å². The number of nitriles is 1. The Bertz CT molecular complexity index is 570. The Morgan fingerprint density at radius 1 is 1.39 bits per heavy atom. The van der Waals surface area contributed by atoms with E-state index in [9.17, 15) is 4.79 Å². The van der Waals surface area contributed by atoms with Crippen LogP contribution in [0.2, 0.25) is 0 Å². The summed E-state index contributed by atoms with van der Waals surface area (Å²) in [5.41, 5.74) is 0.763. The molecular weight excluding hydrogens is 230 g/mol. The van der Waals surface area contributed by atoms with Crippen LogP contribution in [0.5, 0.6) is 0 Å². The third-order valence-electron chi connectivity index (χ3n) is 2.26. The van der Waals surface area contributed by atoms with Gasteiger partial charge >= 0.3 is 0 Å². The van der Waals surface area contributed by atoms with Gasteiger partial charge in [0.2, 0.25) is 5.91 Å². The molecule has 18 heavy (non-hydrogen) atoms. The summed E-state index contributed by atoms with van der Waals surface area (Å²) in [6.45, 7) is 0.396. The van der Waals surface area contributed by atoms with Crippen molar-refractivity contribution in [2.24, 2.45) is 0 Å². The molecule has 0 aliphatic carbocycles. The van der Waals surface area contributed by atoms with E-state index in [2.05, 4.69) is 15.4 Å². The zero-order chi connectivity index (χ0) is 12.8. The number of anilines is 1. The SMILES string of the molecule is N#Cc1ncn(CCC(=O)Nc2ccccc2)n1. The molecule has 0 saturated carbocycles. The van der Waals surface area contributed by atoms with Crippen LogP contribution in [-0.4, -0.2) is 20.7 Å². The summed E-state index contributed by atoms with van der Waals surface area (Å²) >= 11 is 0. The standard InChI is InChI=1S/C12H11N5O/c13-8-11-14-9-17(16-11)7-6-12(18)15-10-4-2-1-3-5-10/h1-5,9H,6-7H2,(H,15,18). The van der Waals surface area contributed by atoms with Crippen LogP contribution in [0.25, 0.3) is 0 Å². The van der Waals surface area contributed by atoms with Gasteiger partial charge in [0.1, 0.15) is 12.4 Å². The minimum Gasteiger partial charge on any atom is -0.326 e. The number of amides is 1. The average molecular weight is 241 g/mol. The molecule has 6 nitrogen and oxygen atoms in total. The van der Waals surface area contributed by atoms with Crippen molar-refractivity contribution in [2.45, 2.75) is 13.0 Å². The number of nitrogens with one attached hydrogen (secondary N) is 1. The minimum absolute atomic E-state index is 0.102. The van der Waals surface area contributed by atoms with Gasteiger partial charge in [0, 0.05) is 12.1 Å². The van der Waals surface area contributed by atoms with E-state index in [0.717, 1.165) is 5.69 Å². The Hall–Kier alpha value is -2.68. The van der Waals surface area contributed by atoms with Gasteiger partial charge in [-0.2, -0.15) is 5.26 Å². The van der Waals surface area contributed by atoms with E-state index < -0.39 is 0 Å². The van der Waals surface area contributed by atoms with E-state index in [1.165, 1.54) is 11.0 Å². The monoisotopic (exact) mass is 241 g/mol. The van der Waals surface area contributed by atoms with E-state index in [4.69, 9.17) is 5.26 Å². The van der Waals surface area contributed by atoms with Crippen LogP contribution in [0.3, 0.4) is 0 Å². The third-order valence-corrected chi connectivity index (χ3v) is 2.26. The van der Waals surface area contributed by atoms with Crippen LogP contribution in [0.1, 0.15) is 12.2 Å². The van der Waals surface area contributed by atoms with Crippen molar-refractivity contribution in [1.82, 2.24) is 14.8 Å². The Balaban J connectivity index is 1.84. The van der Waals surface area contributed by atoms with E-state index >= 15 is 0 Å². The number of hydrogen-bond acceptors (Lipinski definition) is 4. The number of rotatable bonds is 4. The molecule has 0 unspecified atom stereocenters. The van der Waals surface area contributed by atoms with Gasteiger partial charge in [-0.1, -0.05) is 18.2 Å². The molecule has 0 radical (unpaired) electrons. The molecule has 1 N–H and O–H groups in total. The maximum absolute atomic E-state index is 11.6. The number of benzene rings is 1. The van der Waals surface area contributed by atoms with Crippen LogP contribution in [0.4, 0.5) is 5.69 Å². The fourth-order valence-electron chi connectivity index (χ4n) is 1.41. The first-order chi connectivity index (χ1) is 8.78. The van der Waals surface area contributed by atoms with Gasteiger partial charge in [0.15, 0.2) is 0 Å². The van der Waals surface area contributed by atoms with Crippen molar-refractivity contribution in [3.05, 3.63) is 42.5 Å². The fourth-order valence-corrected chi connectivity index (χ4v) is 1.41. The summed E-state index contributed by atoms with van der Waals surface area (Å²) in [7, 11) is 0. The highest BCUT2D eigenvalue weighted by atomic mass is 16.1. The normalized spacial score (nSPS) is 9.72. The highest BCUT2D eigenvalue weighted by Crippen LogP contribution is 2.05. The average Bonchev–Trinajstić information content (AvgIpc) is 2.85. The Labute approximate surface area is 104 Å². The second-order valence-electron chi connectivity index (χ2n) is 3.61. The zero-order valence-electron chi connectivity index (χ0n) is 9.58. The molecule has 90 valence electrons. The Kier molecular flexibility index (Phi) is 3.66. The topological polar surface area (TPSA) is 83.6 Å². The second-order valence-corrected chi connectivity index (χ2v) is 3.61. The second kappa shape index (κ2) is 5.59. The Morgan fingerprint density at radius 2 is 2.17 bits per heavy atom. The first-order valence-corrected chi connectivity index (χ1v) is 5.42. The van der Waals surface area contributed by atoms with Crippen LogP contribution in [0, 0.1) is 11.3 Å². The number of carbonyl (C=O) groups excluding carboxylic acids is 1. The van der Waals surface area contributed by atoms with Crippen molar-refractivity contribution in [3.8, 4) is 6.07 Å². The number of aryl methyl sites for hydroxylation is 1. The Morgan fingerprint density at radius 3 is 2.83 bits per heavy atom.